The van der Waals surface area contributed by atoms with Crippen LogP contribution in [0, 0.1) is 0 Å². The highest BCUT2D eigenvalue weighted by atomic mass is 79.9. The molecule has 0 saturated heterocycles. The fraction of sp³-hybridized carbons (Fsp3) is 0.400. The first kappa shape index (κ1) is 10.7. The zero-order valence-electron chi connectivity index (χ0n) is 8.05. The predicted molar refractivity (Wildman–Crippen MR) is 59.4 cm³/mol. The minimum absolute atomic E-state index is 0.598. The molecule has 0 amide bonds. The predicted octanol–water partition coefficient (Wildman–Crippen LogP) is 1.97. The molecule has 2 nitrogen and oxygen atoms in total. The summed E-state index contributed by atoms with van der Waals surface area (Å²) < 4.78 is 1.14. The Hall–Kier alpha value is -0.380. The van der Waals surface area contributed by atoms with Gasteiger partial charge in [-0.3, -0.25) is 0 Å². The van der Waals surface area contributed by atoms with Crippen molar-refractivity contribution >= 4 is 15.9 Å². The van der Waals surface area contributed by atoms with Gasteiger partial charge in [-0.25, -0.2) is 0 Å². The highest BCUT2D eigenvalue weighted by molar-refractivity contribution is 9.10. The van der Waals surface area contributed by atoms with Gasteiger partial charge in [-0.2, -0.15) is 0 Å². The number of hydrogen-bond donors (Lipinski definition) is 1. The van der Waals surface area contributed by atoms with Gasteiger partial charge in [0.1, 0.15) is 0 Å². The van der Waals surface area contributed by atoms with Crippen molar-refractivity contribution in [2.24, 2.45) is 5.73 Å². The third kappa shape index (κ3) is 3.10. The maximum atomic E-state index is 5.54. The van der Waals surface area contributed by atoms with E-state index in [1.807, 2.05) is 0 Å². The average Bonchev–Trinajstić information content (AvgIpc) is 2.08. The maximum absolute atomic E-state index is 5.54. The largest absolute Gasteiger partial charge is 0.326 e. The molecule has 0 unspecified atom stereocenters. The van der Waals surface area contributed by atoms with Crippen molar-refractivity contribution < 1.29 is 0 Å². The topological polar surface area (TPSA) is 29.3 Å². The van der Waals surface area contributed by atoms with E-state index in [9.17, 15) is 0 Å². The Kier molecular flexibility index (Phi) is 3.90. The number of rotatable bonds is 3. The lowest BCUT2D eigenvalue weighted by molar-refractivity contribution is 0.401. The molecule has 1 aromatic carbocycles. The van der Waals surface area contributed by atoms with Crippen molar-refractivity contribution in [3.8, 4) is 0 Å². The van der Waals surface area contributed by atoms with Crippen LogP contribution in [0.4, 0.5) is 0 Å². The van der Waals surface area contributed by atoms with E-state index in [0.717, 1.165) is 16.6 Å². The lowest BCUT2D eigenvalue weighted by Crippen LogP contribution is -2.11. The summed E-state index contributed by atoms with van der Waals surface area (Å²) in [6.07, 6.45) is 0. The van der Waals surface area contributed by atoms with Crippen molar-refractivity contribution in [2.45, 2.75) is 13.1 Å². The van der Waals surface area contributed by atoms with Gasteiger partial charge in [0.05, 0.1) is 0 Å². The van der Waals surface area contributed by atoms with E-state index < -0.39 is 0 Å². The van der Waals surface area contributed by atoms with Crippen LogP contribution in [-0.4, -0.2) is 19.0 Å². The summed E-state index contributed by atoms with van der Waals surface area (Å²) >= 11 is 3.53. The number of nitrogens with zero attached hydrogens (tertiary/aromatic N) is 1. The Morgan fingerprint density at radius 2 is 2.08 bits per heavy atom. The molecule has 0 spiro atoms. The van der Waals surface area contributed by atoms with E-state index in [1.165, 1.54) is 5.56 Å². The summed E-state index contributed by atoms with van der Waals surface area (Å²) in [7, 11) is 4.12. The van der Waals surface area contributed by atoms with Gasteiger partial charge in [-0.15, -0.1) is 0 Å². The van der Waals surface area contributed by atoms with E-state index in [0.29, 0.717) is 6.54 Å². The molecule has 0 aliphatic heterocycles. The molecule has 1 aromatic rings. The standard InChI is InChI=1S/C10H15BrN2/c1-13(2)7-9-4-3-8(6-12)5-10(9)11/h3-5H,6-7,12H2,1-2H3. The number of hydrogen-bond acceptors (Lipinski definition) is 2. The Bertz CT molecular complexity index is 284. The Morgan fingerprint density at radius 3 is 2.54 bits per heavy atom. The maximum Gasteiger partial charge on any atom is 0.0238 e. The summed E-state index contributed by atoms with van der Waals surface area (Å²) in [6, 6.07) is 6.27. The highest BCUT2D eigenvalue weighted by Gasteiger charge is 2.01. The van der Waals surface area contributed by atoms with Gasteiger partial charge < -0.3 is 10.6 Å². The molecule has 0 aliphatic rings. The summed E-state index contributed by atoms with van der Waals surface area (Å²) in [6.45, 7) is 1.55. The molecular formula is C10H15BrN2. The molecule has 0 heterocycles. The second kappa shape index (κ2) is 4.74. The van der Waals surface area contributed by atoms with Crippen LogP contribution in [0.2, 0.25) is 0 Å². The van der Waals surface area contributed by atoms with Crippen LogP contribution >= 0.6 is 15.9 Å². The van der Waals surface area contributed by atoms with Crippen LogP contribution in [0.1, 0.15) is 11.1 Å². The zero-order valence-corrected chi connectivity index (χ0v) is 9.63. The van der Waals surface area contributed by atoms with E-state index in [1.54, 1.807) is 0 Å². The Balaban J connectivity index is 2.85. The molecule has 1 rings (SSSR count). The van der Waals surface area contributed by atoms with E-state index in [2.05, 4.69) is 53.1 Å². The second-order valence-electron chi connectivity index (χ2n) is 3.37. The molecule has 0 fully saturated rings. The molecule has 0 atom stereocenters. The summed E-state index contributed by atoms with van der Waals surface area (Å²) in [5.74, 6) is 0. The molecule has 2 N–H and O–H groups in total. The first-order valence-corrected chi connectivity index (χ1v) is 5.05. The van der Waals surface area contributed by atoms with Gasteiger partial charge in [0.25, 0.3) is 0 Å². The first-order valence-electron chi connectivity index (χ1n) is 4.25. The molecule has 0 radical (unpaired) electrons. The van der Waals surface area contributed by atoms with Crippen LogP contribution in [0.5, 0.6) is 0 Å². The first-order chi connectivity index (χ1) is 6.13. The molecule has 0 saturated carbocycles. The van der Waals surface area contributed by atoms with Crippen molar-refractivity contribution in [3.63, 3.8) is 0 Å². The molecule has 72 valence electrons. The van der Waals surface area contributed by atoms with Gasteiger partial charge in [-0.1, -0.05) is 28.1 Å². The Morgan fingerprint density at radius 1 is 1.38 bits per heavy atom. The third-order valence-electron chi connectivity index (χ3n) is 1.84. The SMILES string of the molecule is CN(C)Cc1ccc(CN)cc1Br. The van der Waals surface area contributed by atoms with Crippen molar-refractivity contribution in [2.75, 3.05) is 14.1 Å². The fourth-order valence-corrected chi connectivity index (χ4v) is 1.74. The molecule has 3 heteroatoms. The summed E-state index contributed by atoms with van der Waals surface area (Å²) in [5.41, 5.74) is 7.99. The van der Waals surface area contributed by atoms with Gasteiger partial charge in [-0.05, 0) is 31.3 Å². The van der Waals surface area contributed by atoms with Crippen LogP contribution in [-0.2, 0) is 13.1 Å². The minimum atomic E-state index is 0.598. The third-order valence-corrected chi connectivity index (χ3v) is 2.58. The van der Waals surface area contributed by atoms with Crippen LogP contribution in [0.3, 0.4) is 0 Å². The fourth-order valence-electron chi connectivity index (χ4n) is 1.19. The zero-order chi connectivity index (χ0) is 9.84. The van der Waals surface area contributed by atoms with E-state index in [4.69, 9.17) is 5.73 Å². The number of nitrogens with two attached hydrogens (primary N) is 1. The monoisotopic (exact) mass is 242 g/mol. The molecule has 13 heavy (non-hydrogen) atoms. The smallest absolute Gasteiger partial charge is 0.0238 e. The van der Waals surface area contributed by atoms with E-state index in [-0.39, 0.29) is 0 Å². The summed E-state index contributed by atoms with van der Waals surface area (Å²) in [5, 5.41) is 0. The molecule has 0 aromatic heterocycles. The number of benzene rings is 1. The Labute approximate surface area is 87.9 Å². The summed E-state index contributed by atoms with van der Waals surface area (Å²) in [4.78, 5) is 2.14. The van der Waals surface area contributed by atoms with Gasteiger partial charge >= 0.3 is 0 Å². The van der Waals surface area contributed by atoms with Crippen molar-refractivity contribution in [1.82, 2.24) is 4.90 Å². The lowest BCUT2D eigenvalue weighted by atomic mass is 10.1. The van der Waals surface area contributed by atoms with Gasteiger partial charge in [0.2, 0.25) is 0 Å². The van der Waals surface area contributed by atoms with Crippen molar-refractivity contribution in [1.29, 1.82) is 0 Å². The van der Waals surface area contributed by atoms with Crippen LogP contribution in [0.15, 0.2) is 22.7 Å². The highest BCUT2D eigenvalue weighted by Crippen LogP contribution is 2.19. The number of halogens is 1. The average molecular weight is 243 g/mol. The van der Waals surface area contributed by atoms with Gasteiger partial charge in [0, 0.05) is 17.6 Å². The van der Waals surface area contributed by atoms with Gasteiger partial charge in [0.15, 0.2) is 0 Å². The van der Waals surface area contributed by atoms with E-state index >= 15 is 0 Å². The molecule has 0 aliphatic carbocycles. The van der Waals surface area contributed by atoms with Crippen LogP contribution in [0.25, 0.3) is 0 Å². The quantitative estimate of drug-likeness (QED) is 0.879. The lowest BCUT2D eigenvalue weighted by Gasteiger charge is -2.11. The second-order valence-corrected chi connectivity index (χ2v) is 4.22. The van der Waals surface area contributed by atoms with Crippen molar-refractivity contribution in [3.05, 3.63) is 33.8 Å². The molecular weight excluding hydrogens is 228 g/mol. The molecule has 0 bridgehead atoms. The minimum Gasteiger partial charge on any atom is -0.326 e. The normalized spacial score (nSPS) is 10.8. The van der Waals surface area contributed by atoms with Crippen LogP contribution < -0.4 is 5.73 Å².